The van der Waals surface area contributed by atoms with Crippen LogP contribution < -0.4 is 0 Å². The van der Waals surface area contributed by atoms with Gasteiger partial charge in [0, 0.05) is 14.7 Å². The lowest BCUT2D eigenvalue weighted by atomic mass is 9.90. The van der Waals surface area contributed by atoms with Crippen molar-refractivity contribution in [1.82, 2.24) is 9.55 Å². The third-order valence-electron chi connectivity index (χ3n) is 5.31. The van der Waals surface area contributed by atoms with Crippen LogP contribution in [0.1, 0.15) is 33.4 Å². The van der Waals surface area contributed by atoms with Crippen LogP contribution in [-0.2, 0) is 16.2 Å². The van der Waals surface area contributed by atoms with Crippen LogP contribution in [0.15, 0.2) is 42.6 Å². The van der Waals surface area contributed by atoms with Crippen LogP contribution >= 0.6 is 23.2 Å². The Balaban J connectivity index is 2.12. The molecule has 182 valence electrons. The van der Waals surface area contributed by atoms with Gasteiger partial charge in [-0.2, -0.15) is 0 Å². The van der Waals surface area contributed by atoms with Crippen molar-refractivity contribution in [3.8, 4) is 0 Å². The first kappa shape index (κ1) is 26.3. The molecule has 3 rings (SSSR count). The molecular formula is C24H26Cl2F2N2O3Si. The van der Waals surface area contributed by atoms with Gasteiger partial charge < -0.3 is 9.47 Å². The lowest BCUT2D eigenvalue weighted by molar-refractivity contribution is 0.0535. The molecule has 0 unspecified atom stereocenters. The molecule has 0 aliphatic heterocycles. The number of imidazole rings is 1. The fourth-order valence-electron chi connectivity index (χ4n) is 3.43. The Morgan fingerprint density at radius 2 is 1.62 bits per heavy atom. The van der Waals surface area contributed by atoms with Crippen LogP contribution in [0.3, 0.4) is 0 Å². The van der Waals surface area contributed by atoms with E-state index in [1.807, 2.05) is 0 Å². The maximum absolute atomic E-state index is 13.9. The van der Waals surface area contributed by atoms with Crippen LogP contribution in [-0.4, -0.2) is 37.3 Å². The molecule has 2 aromatic carbocycles. The Hall–Kier alpha value is -2.26. The Morgan fingerprint density at radius 3 is 2.09 bits per heavy atom. The lowest BCUT2D eigenvalue weighted by Crippen LogP contribution is -2.23. The van der Waals surface area contributed by atoms with E-state index in [0.29, 0.717) is 23.6 Å². The summed E-state index contributed by atoms with van der Waals surface area (Å²) in [5, 5.41) is -0.151. The maximum Gasteiger partial charge on any atom is 0.356 e. The third-order valence-corrected chi connectivity index (χ3v) is 7.59. The van der Waals surface area contributed by atoms with E-state index >= 15 is 0 Å². The van der Waals surface area contributed by atoms with Gasteiger partial charge in [-0.05, 0) is 41.4 Å². The number of carbonyl (C=O) groups is 1. The van der Waals surface area contributed by atoms with Crippen LogP contribution in [0, 0.1) is 11.6 Å². The zero-order chi connectivity index (χ0) is 25.0. The van der Waals surface area contributed by atoms with Gasteiger partial charge in [-0.15, -0.1) is 0 Å². The average molecular weight is 527 g/mol. The normalized spacial score (nSPS) is 11.8. The maximum atomic E-state index is 13.9. The fraction of sp³-hybridized carbons (Fsp3) is 0.333. The van der Waals surface area contributed by atoms with Gasteiger partial charge in [0.1, 0.15) is 29.9 Å². The first-order valence-electron chi connectivity index (χ1n) is 10.6. The molecule has 10 heteroatoms. The van der Waals surface area contributed by atoms with Crippen LogP contribution in [0.4, 0.5) is 8.78 Å². The van der Waals surface area contributed by atoms with Crippen molar-refractivity contribution in [2.24, 2.45) is 0 Å². The molecule has 0 N–H and O–H groups in total. The van der Waals surface area contributed by atoms with Gasteiger partial charge in [-0.1, -0.05) is 55.0 Å². The Labute approximate surface area is 208 Å². The summed E-state index contributed by atoms with van der Waals surface area (Å²) in [4.78, 5) is 16.9. The molecule has 0 bridgehead atoms. The van der Waals surface area contributed by atoms with Crippen molar-refractivity contribution in [3.63, 3.8) is 0 Å². The van der Waals surface area contributed by atoms with Gasteiger partial charge >= 0.3 is 5.97 Å². The van der Waals surface area contributed by atoms with Gasteiger partial charge in [0.2, 0.25) is 0 Å². The molecule has 0 aliphatic rings. The summed E-state index contributed by atoms with van der Waals surface area (Å²) in [6.45, 7) is 7.29. The van der Waals surface area contributed by atoms with Gasteiger partial charge in [0.25, 0.3) is 0 Å². The second-order valence-electron chi connectivity index (χ2n) is 9.05. The summed E-state index contributed by atoms with van der Waals surface area (Å²) in [7, 11) is -0.0474. The largest absolute Gasteiger partial charge is 0.464 e. The summed E-state index contributed by atoms with van der Waals surface area (Å²) in [6.07, 6.45) is 1.40. The molecule has 34 heavy (non-hydrogen) atoms. The average Bonchev–Trinajstić information content (AvgIpc) is 3.18. The fourth-order valence-corrected chi connectivity index (χ4v) is 4.57. The van der Waals surface area contributed by atoms with Crippen LogP contribution in [0.5, 0.6) is 0 Å². The highest BCUT2D eigenvalue weighted by Crippen LogP contribution is 2.35. The standard InChI is InChI=1S/C24H26Cl2F2N2O3Si/c1-32-24(31)21-13-29-23(30(21)14-33-9-10-34(2,3)4)22(15-5-7-19(27)17(25)11-15)16-6-8-20(28)18(26)12-16/h5-8,11-13,22H,9-10,14H2,1-4H3. The molecule has 3 aromatic rings. The Morgan fingerprint density at radius 1 is 1.06 bits per heavy atom. The van der Waals surface area contributed by atoms with E-state index in [-0.39, 0.29) is 22.5 Å². The van der Waals surface area contributed by atoms with Gasteiger partial charge in [0.05, 0.1) is 29.3 Å². The summed E-state index contributed by atoms with van der Waals surface area (Å²) in [6, 6.07) is 9.50. The molecule has 0 radical (unpaired) electrons. The molecule has 1 aromatic heterocycles. The van der Waals surface area contributed by atoms with Gasteiger partial charge in [0.15, 0.2) is 0 Å². The predicted molar refractivity (Wildman–Crippen MR) is 131 cm³/mol. The van der Waals surface area contributed by atoms with Crippen molar-refractivity contribution >= 4 is 37.2 Å². The summed E-state index contributed by atoms with van der Waals surface area (Å²) < 4.78 is 40.3. The molecule has 0 spiro atoms. The van der Waals surface area contributed by atoms with Crippen LogP contribution in [0.25, 0.3) is 0 Å². The number of hydrogen-bond acceptors (Lipinski definition) is 4. The molecule has 0 fully saturated rings. The topological polar surface area (TPSA) is 53.3 Å². The van der Waals surface area contributed by atoms with Gasteiger partial charge in [-0.25, -0.2) is 18.6 Å². The monoisotopic (exact) mass is 526 g/mol. The van der Waals surface area contributed by atoms with Crippen molar-refractivity contribution in [3.05, 3.63) is 86.9 Å². The number of rotatable bonds is 9. The van der Waals surface area contributed by atoms with Crippen molar-refractivity contribution < 1.29 is 23.0 Å². The SMILES string of the molecule is COC(=O)c1cnc(C(c2ccc(F)c(Cl)c2)c2ccc(F)c(Cl)c2)n1COCC[Si](C)(C)C. The minimum absolute atomic E-state index is 0.0462. The second kappa shape index (κ2) is 11.0. The molecule has 0 saturated heterocycles. The Bertz CT molecular complexity index is 1130. The minimum atomic E-state index is -1.33. The number of aromatic nitrogens is 2. The number of ether oxygens (including phenoxy) is 2. The highest BCUT2D eigenvalue weighted by atomic mass is 35.5. The summed E-state index contributed by atoms with van der Waals surface area (Å²) in [5.74, 6) is -1.96. The molecule has 1 heterocycles. The first-order chi connectivity index (χ1) is 16.0. The molecule has 5 nitrogen and oxygen atoms in total. The van der Waals surface area contributed by atoms with E-state index in [2.05, 4.69) is 24.6 Å². The zero-order valence-electron chi connectivity index (χ0n) is 19.4. The van der Waals surface area contributed by atoms with E-state index < -0.39 is 31.6 Å². The van der Waals surface area contributed by atoms with E-state index in [1.165, 1.54) is 37.6 Å². The number of esters is 1. The molecule has 0 aliphatic carbocycles. The second-order valence-corrected chi connectivity index (χ2v) is 15.5. The number of benzene rings is 2. The van der Waals surface area contributed by atoms with E-state index in [0.717, 1.165) is 6.04 Å². The third kappa shape index (κ3) is 6.24. The molecular weight excluding hydrogens is 501 g/mol. The van der Waals surface area contributed by atoms with Gasteiger partial charge in [-0.3, -0.25) is 4.57 Å². The number of hydrogen-bond donors (Lipinski definition) is 0. The smallest absolute Gasteiger partial charge is 0.356 e. The molecule has 0 amide bonds. The summed E-state index contributed by atoms with van der Waals surface area (Å²) in [5.41, 5.74) is 1.36. The lowest BCUT2D eigenvalue weighted by Gasteiger charge is -2.22. The molecule has 0 saturated carbocycles. The summed E-state index contributed by atoms with van der Waals surface area (Å²) >= 11 is 12.1. The highest BCUT2D eigenvalue weighted by Gasteiger charge is 2.27. The quantitative estimate of drug-likeness (QED) is 0.176. The zero-order valence-corrected chi connectivity index (χ0v) is 21.9. The van der Waals surface area contributed by atoms with Crippen molar-refractivity contribution in [2.45, 2.75) is 38.3 Å². The predicted octanol–water partition coefficient (Wildman–Crippen LogP) is 6.75. The minimum Gasteiger partial charge on any atom is -0.464 e. The Kier molecular flexibility index (Phi) is 8.51. The van der Waals surface area contributed by atoms with E-state index in [4.69, 9.17) is 32.7 Å². The first-order valence-corrected chi connectivity index (χ1v) is 15.1. The number of nitrogens with zero attached hydrogens (tertiary/aromatic N) is 2. The van der Waals surface area contributed by atoms with Crippen LogP contribution in [0.2, 0.25) is 35.7 Å². The van der Waals surface area contributed by atoms with E-state index in [1.54, 1.807) is 16.7 Å². The van der Waals surface area contributed by atoms with Crippen molar-refractivity contribution in [1.29, 1.82) is 0 Å². The number of carbonyl (C=O) groups excluding carboxylic acids is 1. The number of halogens is 4. The number of methoxy groups -OCH3 is 1. The van der Waals surface area contributed by atoms with E-state index in [9.17, 15) is 13.6 Å². The molecule has 0 atom stereocenters. The highest BCUT2D eigenvalue weighted by molar-refractivity contribution is 6.76. The van der Waals surface area contributed by atoms with Crippen molar-refractivity contribution in [2.75, 3.05) is 13.7 Å².